The van der Waals surface area contributed by atoms with Crippen LogP contribution in [0.2, 0.25) is 0 Å². The van der Waals surface area contributed by atoms with E-state index in [1.807, 2.05) is 13.2 Å². The number of hydrogen-bond donors (Lipinski definition) is 2. The van der Waals surface area contributed by atoms with Crippen molar-refractivity contribution >= 4 is 52.0 Å². The number of imidazole rings is 1. The summed E-state index contributed by atoms with van der Waals surface area (Å²) in [6.45, 7) is 2.76. The van der Waals surface area contributed by atoms with Gasteiger partial charge in [0.05, 0.1) is 6.33 Å². The molecule has 0 amide bonds. The summed E-state index contributed by atoms with van der Waals surface area (Å²) in [5.74, 6) is 0.573. The Morgan fingerprint density at radius 1 is 1.30 bits per heavy atom. The average molecular weight is 325 g/mol. The number of anilines is 1. The van der Waals surface area contributed by atoms with E-state index in [1.165, 1.54) is 11.8 Å². The zero-order valence-electron chi connectivity index (χ0n) is 10.7. The van der Waals surface area contributed by atoms with Crippen molar-refractivity contribution < 1.29 is 0 Å². The lowest BCUT2D eigenvalue weighted by molar-refractivity contribution is 0.953. The lowest BCUT2D eigenvalue weighted by Gasteiger charge is -2.03. The van der Waals surface area contributed by atoms with Crippen LogP contribution in [0.15, 0.2) is 20.0 Å². The number of nitrogens with one attached hydrogen (secondary N) is 2. The van der Waals surface area contributed by atoms with Crippen molar-refractivity contribution in [2.24, 2.45) is 0 Å². The first-order valence-corrected chi connectivity index (χ1v) is 8.66. The second kappa shape index (κ2) is 5.94. The Morgan fingerprint density at radius 3 is 2.90 bits per heavy atom. The molecule has 3 rings (SSSR count). The van der Waals surface area contributed by atoms with Crippen molar-refractivity contribution in [3.05, 3.63) is 6.33 Å². The maximum absolute atomic E-state index is 4.49. The van der Waals surface area contributed by atoms with E-state index in [0.717, 1.165) is 25.8 Å². The van der Waals surface area contributed by atoms with Crippen LogP contribution in [0.4, 0.5) is 5.95 Å². The number of nitrogens with zero attached hydrogens (tertiary/aromatic N) is 5. The van der Waals surface area contributed by atoms with Crippen LogP contribution in [0.3, 0.4) is 0 Å². The van der Waals surface area contributed by atoms with Crippen molar-refractivity contribution in [2.45, 2.75) is 20.6 Å². The Kier molecular flexibility index (Phi) is 4.03. The molecule has 10 heteroatoms. The lowest BCUT2D eigenvalue weighted by Crippen LogP contribution is -2.03. The molecule has 0 aliphatic carbocycles. The second-order valence-electron chi connectivity index (χ2n) is 3.62. The van der Waals surface area contributed by atoms with Gasteiger partial charge in [-0.3, -0.25) is 0 Å². The summed E-state index contributed by atoms with van der Waals surface area (Å²) in [5.41, 5.74) is 1.46. The van der Waals surface area contributed by atoms with Crippen LogP contribution in [0.1, 0.15) is 6.92 Å². The van der Waals surface area contributed by atoms with E-state index in [4.69, 9.17) is 0 Å². The van der Waals surface area contributed by atoms with Crippen molar-refractivity contribution in [2.75, 3.05) is 18.1 Å². The molecule has 104 valence electrons. The third-order valence-electron chi connectivity index (χ3n) is 2.33. The fourth-order valence-electron chi connectivity index (χ4n) is 1.52. The van der Waals surface area contributed by atoms with Gasteiger partial charge >= 0.3 is 0 Å². The average Bonchev–Trinajstić information content (AvgIpc) is 3.07. The molecule has 0 aliphatic heterocycles. The number of H-pyrrole nitrogens is 1. The molecule has 3 aromatic heterocycles. The van der Waals surface area contributed by atoms with Gasteiger partial charge in [0.1, 0.15) is 10.5 Å². The molecule has 2 N–H and O–H groups in total. The van der Waals surface area contributed by atoms with E-state index in [2.05, 4.69) is 35.5 Å². The lowest BCUT2D eigenvalue weighted by atomic mass is 10.5. The molecule has 0 spiro atoms. The molecule has 0 unspecified atom stereocenters. The Balaban J connectivity index is 1.98. The smallest absolute Gasteiger partial charge is 0.225 e. The highest BCUT2D eigenvalue weighted by Crippen LogP contribution is 2.34. The van der Waals surface area contributed by atoms with Crippen LogP contribution >= 0.6 is 34.9 Å². The summed E-state index contributed by atoms with van der Waals surface area (Å²) in [4.78, 5) is 16.1. The van der Waals surface area contributed by atoms with Gasteiger partial charge in [0.15, 0.2) is 14.3 Å². The van der Waals surface area contributed by atoms with E-state index in [-0.39, 0.29) is 0 Å². The number of aromatic amines is 1. The van der Waals surface area contributed by atoms with Crippen LogP contribution in [0.25, 0.3) is 11.2 Å². The monoisotopic (exact) mass is 325 g/mol. The van der Waals surface area contributed by atoms with E-state index >= 15 is 0 Å². The summed E-state index contributed by atoms with van der Waals surface area (Å²) in [7, 11) is 0. The van der Waals surface area contributed by atoms with Crippen LogP contribution in [-0.2, 0) is 0 Å². The summed E-state index contributed by atoms with van der Waals surface area (Å²) in [6, 6.07) is 0. The molecule has 0 bridgehead atoms. The van der Waals surface area contributed by atoms with Gasteiger partial charge in [-0.25, -0.2) is 9.97 Å². The molecule has 0 radical (unpaired) electrons. The topological polar surface area (TPSA) is 92.3 Å². The van der Waals surface area contributed by atoms with Crippen molar-refractivity contribution in [3.63, 3.8) is 0 Å². The fraction of sp³-hybridized carbons (Fsp3) is 0.300. The number of aromatic nitrogens is 6. The van der Waals surface area contributed by atoms with Crippen molar-refractivity contribution in [1.29, 1.82) is 0 Å². The highest BCUT2D eigenvalue weighted by molar-refractivity contribution is 8.03. The maximum Gasteiger partial charge on any atom is 0.225 e. The minimum Gasteiger partial charge on any atom is -0.354 e. The van der Waals surface area contributed by atoms with Gasteiger partial charge in [-0.05, 0) is 24.9 Å². The largest absolute Gasteiger partial charge is 0.354 e. The van der Waals surface area contributed by atoms with E-state index in [0.29, 0.717) is 11.6 Å². The van der Waals surface area contributed by atoms with Gasteiger partial charge < -0.3 is 10.3 Å². The maximum atomic E-state index is 4.49. The standard InChI is InChI=1S/C10H11N7S3/c1-3-11-8-14-6-5(12-4-13-6)7(15-8)19-10-17-16-9(18-2)20-10/h4H,3H2,1-2H3,(H2,11,12,13,14,15). The minimum atomic E-state index is 0.573. The summed E-state index contributed by atoms with van der Waals surface area (Å²) < 4.78 is 1.79. The normalized spacial score (nSPS) is 11.1. The molecule has 0 fully saturated rings. The van der Waals surface area contributed by atoms with Gasteiger partial charge in [0.2, 0.25) is 5.95 Å². The quantitative estimate of drug-likeness (QED) is 0.546. The number of hydrogen-bond acceptors (Lipinski definition) is 9. The van der Waals surface area contributed by atoms with Crippen LogP contribution < -0.4 is 5.32 Å². The number of rotatable bonds is 5. The van der Waals surface area contributed by atoms with Crippen molar-refractivity contribution in [1.82, 2.24) is 30.1 Å². The molecule has 3 aromatic rings. The van der Waals surface area contributed by atoms with E-state index < -0.39 is 0 Å². The molecule has 0 aromatic carbocycles. The molecular weight excluding hydrogens is 314 g/mol. The third kappa shape index (κ3) is 2.72. The molecule has 20 heavy (non-hydrogen) atoms. The molecular formula is C10H11N7S3. The molecule has 7 nitrogen and oxygen atoms in total. The highest BCUT2D eigenvalue weighted by atomic mass is 32.2. The molecule has 0 aliphatic rings. The SMILES string of the molecule is CCNc1nc(Sc2nnc(SC)s2)c2[nH]cnc2n1. The Hall–Kier alpha value is -1.39. The zero-order chi connectivity index (χ0) is 13.9. The van der Waals surface area contributed by atoms with Crippen LogP contribution in [0, 0.1) is 0 Å². The van der Waals surface area contributed by atoms with Gasteiger partial charge in [-0.2, -0.15) is 4.98 Å². The summed E-state index contributed by atoms with van der Waals surface area (Å²) in [5, 5.41) is 12.1. The predicted molar refractivity (Wildman–Crippen MR) is 81.7 cm³/mol. The fourth-order valence-corrected chi connectivity index (χ4v) is 3.96. The number of fused-ring (bicyclic) bond motifs is 1. The first-order chi connectivity index (χ1) is 9.80. The third-order valence-corrected chi connectivity index (χ3v) is 5.27. The van der Waals surface area contributed by atoms with Gasteiger partial charge in [-0.15, -0.1) is 10.2 Å². The Labute approximate surface area is 127 Å². The second-order valence-corrected chi connectivity index (χ2v) is 6.89. The first kappa shape index (κ1) is 13.6. The Morgan fingerprint density at radius 2 is 2.15 bits per heavy atom. The predicted octanol–water partition coefficient (Wildman–Crippen LogP) is 2.51. The highest BCUT2D eigenvalue weighted by Gasteiger charge is 2.13. The van der Waals surface area contributed by atoms with Crippen LogP contribution in [-0.4, -0.2) is 42.9 Å². The zero-order valence-corrected chi connectivity index (χ0v) is 13.2. The van der Waals surface area contributed by atoms with Gasteiger partial charge in [-0.1, -0.05) is 23.1 Å². The summed E-state index contributed by atoms with van der Waals surface area (Å²) >= 11 is 4.60. The Bertz CT molecular complexity index is 723. The molecule has 0 saturated carbocycles. The van der Waals surface area contributed by atoms with Crippen LogP contribution in [0.5, 0.6) is 0 Å². The summed E-state index contributed by atoms with van der Waals surface area (Å²) in [6.07, 6.45) is 3.60. The number of thioether (sulfide) groups is 1. The molecule has 0 saturated heterocycles. The first-order valence-electron chi connectivity index (χ1n) is 5.80. The van der Waals surface area contributed by atoms with E-state index in [1.54, 1.807) is 29.4 Å². The molecule has 0 atom stereocenters. The van der Waals surface area contributed by atoms with Gasteiger partial charge in [0, 0.05) is 6.54 Å². The van der Waals surface area contributed by atoms with E-state index in [9.17, 15) is 0 Å². The molecule has 3 heterocycles. The van der Waals surface area contributed by atoms with Crippen molar-refractivity contribution in [3.8, 4) is 0 Å². The minimum absolute atomic E-state index is 0.573. The van der Waals surface area contributed by atoms with Gasteiger partial charge in [0.25, 0.3) is 0 Å².